The SMILES string of the molecule is CSCCN(C)c1nnccc1C(N)=S. The van der Waals surface area contributed by atoms with E-state index in [4.69, 9.17) is 18.0 Å². The summed E-state index contributed by atoms with van der Waals surface area (Å²) < 4.78 is 0. The maximum absolute atomic E-state index is 5.61. The highest BCUT2D eigenvalue weighted by Gasteiger charge is 2.10. The molecule has 0 radical (unpaired) electrons. The topological polar surface area (TPSA) is 55.0 Å². The maximum Gasteiger partial charge on any atom is 0.161 e. The smallest absolute Gasteiger partial charge is 0.161 e. The molecule has 0 unspecified atom stereocenters. The molecule has 6 heteroatoms. The van der Waals surface area contributed by atoms with Crippen LogP contribution in [0.5, 0.6) is 0 Å². The summed E-state index contributed by atoms with van der Waals surface area (Å²) >= 11 is 6.74. The van der Waals surface area contributed by atoms with E-state index in [0.29, 0.717) is 4.99 Å². The van der Waals surface area contributed by atoms with Gasteiger partial charge >= 0.3 is 0 Å². The van der Waals surface area contributed by atoms with Crippen molar-refractivity contribution in [2.24, 2.45) is 5.73 Å². The van der Waals surface area contributed by atoms with Crippen molar-refractivity contribution in [2.45, 2.75) is 0 Å². The maximum atomic E-state index is 5.61. The minimum atomic E-state index is 0.357. The van der Waals surface area contributed by atoms with Crippen molar-refractivity contribution in [3.05, 3.63) is 17.8 Å². The molecule has 1 rings (SSSR count). The summed E-state index contributed by atoms with van der Waals surface area (Å²) in [7, 11) is 1.96. The Morgan fingerprint density at radius 1 is 1.67 bits per heavy atom. The van der Waals surface area contributed by atoms with Gasteiger partial charge in [0.25, 0.3) is 0 Å². The number of anilines is 1. The summed E-state index contributed by atoms with van der Waals surface area (Å²) in [5, 5.41) is 7.90. The molecule has 0 aliphatic carbocycles. The van der Waals surface area contributed by atoms with Crippen LogP contribution in [-0.2, 0) is 0 Å². The number of hydrogen-bond donors (Lipinski definition) is 1. The first-order valence-electron chi connectivity index (χ1n) is 4.48. The number of nitrogens with two attached hydrogens (primary N) is 1. The third kappa shape index (κ3) is 3.32. The van der Waals surface area contributed by atoms with Crippen LogP contribution in [0.4, 0.5) is 5.82 Å². The second kappa shape index (κ2) is 5.87. The number of thiocarbonyl (C=S) groups is 1. The number of rotatable bonds is 5. The van der Waals surface area contributed by atoms with E-state index in [2.05, 4.69) is 16.5 Å². The van der Waals surface area contributed by atoms with Gasteiger partial charge in [0, 0.05) is 19.3 Å². The Balaban J connectivity index is 2.87. The molecule has 15 heavy (non-hydrogen) atoms. The van der Waals surface area contributed by atoms with Gasteiger partial charge in [0.05, 0.1) is 11.8 Å². The Bertz CT molecular complexity index is 343. The molecule has 4 nitrogen and oxygen atoms in total. The average molecular weight is 242 g/mol. The standard InChI is InChI=1S/C9H14N4S2/c1-13(5-6-15-2)9-7(8(10)14)3-4-11-12-9/h3-4H,5-6H2,1-2H3,(H2,10,14). The van der Waals surface area contributed by atoms with Crippen LogP contribution in [0, 0.1) is 0 Å². The van der Waals surface area contributed by atoms with Gasteiger partial charge < -0.3 is 10.6 Å². The summed E-state index contributed by atoms with van der Waals surface area (Å²) in [6.45, 7) is 0.898. The molecule has 0 saturated carbocycles. The lowest BCUT2D eigenvalue weighted by molar-refractivity contribution is 0.899. The third-order valence-corrected chi connectivity index (χ3v) is 2.77. The van der Waals surface area contributed by atoms with Crippen molar-refractivity contribution in [1.82, 2.24) is 10.2 Å². The highest BCUT2D eigenvalue weighted by atomic mass is 32.2. The van der Waals surface area contributed by atoms with Gasteiger partial charge in [0.2, 0.25) is 0 Å². The number of aromatic nitrogens is 2. The molecule has 1 aromatic heterocycles. The molecule has 2 N–H and O–H groups in total. The largest absolute Gasteiger partial charge is 0.389 e. The Hall–Kier alpha value is -0.880. The average Bonchev–Trinajstić information content (AvgIpc) is 2.25. The molecule has 1 aromatic rings. The Morgan fingerprint density at radius 2 is 2.40 bits per heavy atom. The van der Waals surface area contributed by atoms with Crippen LogP contribution in [0.1, 0.15) is 5.56 Å². The van der Waals surface area contributed by atoms with Crippen molar-refractivity contribution in [1.29, 1.82) is 0 Å². The van der Waals surface area contributed by atoms with Crippen molar-refractivity contribution >= 4 is 34.8 Å². The lowest BCUT2D eigenvalue weighted by atomic mass is 10.2. The first-order valence-corrected chi connectivity index (χ1v) is 6.28. The zero-order valence-electron chi connectivity index (χ0n) is 8.80. The van der Waals surface area contributed by atoms with E-state index in [-0.39, 0.29) is 0 Å². The van der Waals surface area contributed by atoms with Crippen LogP contribution in [0.3, 0.4) is 0 Å². The molecular weight excluding hydrogens is 228 g/mol. The summed E-state index contributed by atoms with van der Waals surface area (Å²) in [4.78, 5) is 2.37. The summed E-state index contributed by atoms with van der Waals surface area (Å²) in [5.74, 6) is 1.78. The van der Waals surface area contributed by atoms with Crippen molar-refractivity contribution in [3.63, 3.8) is 0 Å². The molecule has 0 fully saturated rings. The number of hydrogen-bond acceptors (Lipinski definition) is 5. The molecular formula is C9H14N4S2. The Morgan fingerprint density at radius 3 is 3.00 bits per heavy atom. The van der Waals surface area contributed by atoms with Gasteiger partial charge in [-0.15, -0.1) is 5.10 Å². The molecule has 0 bridgehead atoms. The highest BCUT2D eigenvalue weighted by Crippen LogP contribution is 2.14. The van der Waals surface area contributed by atoms with E-state index in [0.717, 1.165) is 23.7 Å². The van der Waals surface area contributed by atoms with Gasteiger partial charge in [0.15, 0.2) is 5.82 Å². The molecule has 0 aromatic carbocycles. The lowest BCUT2D eigenvalue weighted by Gasteiger charge is -2.19. The third-order valence-electron chi connectivity index (χ3n) is 1.96. The van der Waals surface area contributed by atoms with Gasteiger partial charge in [-0.25, -0.2) is 0 Å². The van der Waals surface area contributed by atoms with Gasteiger partial charge in [-0.2, -0.15) is 16.9 Å². The minimum absolute atomic E-state index is 0.357. The minimum Gasteiger partial charge on any atom is -0.389 e. The Labute approximate surface area is 99.2 Å². The van der Waals surface area contributed by atoms with E-state index in [1.807, 2.05) is 11.9 Å². The molecule has 0 atom stereocenters. The first-order chi connectivity index (χ1) is 7.16. The first kappa shape index (κ1) is 12.2. The van der Waals surface area contributed by atoms with Gasteiger partial charge in [-0.1, -0.05) is 12.2 Å². The van der Waals surface area contributed by atoms with E-state index in [1.165, 1.54) is 0 Å². The van der Waals surface area contributed by atoms with Crippen LogP contribution in [0.15, 0.2) is 12.3 Å². The number of nitrogens with zero attached hydrogens (tertiary/aromatic N) is 3. The van der Waals surface area contributed by atoms with Crippen molar-refractivity contribution in [2.75, 3.05) is 30.5 Å². The normalized spacial score (nSPS) is 10.0. The van der Waals surface area contributed by atoms with Gasteiger partial charge in [0.1, 0.15) is 4.99 Å². The summed E-state index contributed by atoms with van der Waals surface area (Å²) in [6, 6.07) is 1.79. The van der Waals surface area contributed by atoms with E-state index >= 15 is 0 Å². The zero-order chi connectivity index (χ0) is 11.3. The van der Waals surface area contributed by atoms with Gasteiger partial charge in [-0.05, 0) is 12.3 Å². The Kier molecular flexibility index (Phi) is 4.77. The fourth-order valence-electron chi connectivity index (χ4n) is 1.13. The lowest BCUT2D eigenvalue weighted by Crippen LogP contribution is -2.25. The van der Waals surface area contributed by atoms with Crippen LogP contribution >= 0.6 is 24.0 Å². The van der Waals surface area contributed by atoms with Crippen LogP contribution < -0.4 is 10.6 Å². The second-order valence-electron chi connectivity index (χ2n) is 3.05. The quantitative estimate of drug-likeness (QED) is 0.775. The van der Waals surface area contributed by atoms with E-state index in [1.54, 1.807) is 24.0 Å². The predicted octanol–water partition coefficient (Wildman–Crippen LogP) is 0.910. The molecule has 82 valence electrons. The van der Waals surface area contributed by atoms with Crippen molar-refractivity contribution in [3.8, 4) is 0 Å². The summed E-state index contributed by atoms with van der Waals surface area (Å²) in [6.07, 6.45) is 3.67. The fourth-order valence-corrected chi connectivity index (χ4v) is 1.75. The molecule has 0 amide bonds. The predicted molar refractivity (Wildman–Crippen MR) is 69.6 cm³/mol. The molecule has 0 aliphatic rings. The van der Waals surface area contributed by atoms with Crippen LogP contribution in [0.2, 0.25) is 0 Å². The highest BCUT2D eigenvalue weighted by molar-refractivity contribution is 7.98. The van der Waals surface area contributed by atoms with E-state index in [9.17, 15) is 0 Å². The molecule has 1 heterocycles. The summed E-state index contributed by atoms with van der Waals surface area (Å²) in [5.41, 5.74) is 6.39. The number of thioether (sulfide) groups is 1. The van der Waals surface area contributed by atoms with E-state index < -0.39 is 0 Å². The molecule has 0 aliphatic heterocycles. The molecule has 0 spiro atoms. The van der Waals surface area contributed by atoms with Crippen LogP contribution in [-0.4, -0.2) is 40.8 Å². The van der Waals surface area contributed by atoms with Gasteiger partial charge in [-0.3, -0.25) is 0 Å². The van der Waals surface area contributed by atoms with Crippen molar-refractivity contribution < 1.29 is 0 Å². The fraction of sp³-hybridized carbons (Fsp3) is 0.444. The monoisotopic (exact) mass is 242 g/mol. The molecule has 0 saturated heterocycles. The second-order valence-corrected chi connectivity index (χ2v) is 4.47. The van der Waals surface area contributed by atoms with Crippen LogP contribution in [0.25, 0.3) is 0 Å². The zero-order valence-corrected chi connectivity index (χ0v) is 10.4.